The van der Waals surface area contributed by atoms with Gasteiger partial charge >= 0.3 is 0 Å². The molecule has 1 rings (SSSR count). The van der Waals surface area contributed by atoms with Gasteiger partial charge in [0.25, 0.3) is 0 Å². The molecule has 0 fully saturated rings. The van der Waals surface area contributed by atoms with E-state index in [0.717, 1.165) is 31.1 Å². The molecule has 0 saturated carbocycles. The molecule has 4 nitrogen and oxygen atoms in total. The highest BCUT2D eigenvalue weighted by Crippen LogP contribution is 2.19. The van der Waals surface area contributed by atoms with Gasteiger partial charge in [-0.3, -0.25) is 0 Å². The minimum atomic E-state index is 0.801. The highest BCUT2D eigenvalue weighted by atomic mass is 16.5. The van der Waals surface area contributed by atoms with Crippen LogP contribution in [0.4, 0.5) is 5.82 Å². The number of aromatic nitrogens is 1. The number of methoxy groups -OCH3 is 1. The average molecular weight is 223 g/mol. The van der Waals surface area contributed by atoms with E-state index in [0.29, 0.717) is 0 Å². The van der Waals surface area contributed by atoms with E-state index in [1.165, 1.54) is 6.42 Å². The number of nitrogens with zero attached hydrogens (tertiary/aromatic N) is 2. The fourth-order valence-corrected chi connectivity index (χ4v) is 1.45. The van der Waals surface area contributed by atoms with Crippen molar-refractivity contribution in [3.05, 3.63) is 18.3 Å². The Hall–Kier alpha value is -1.29. The van der Waals surface area contributed by atoms with Crippen LogP contribution in [0.2, 0.25) is 0 Å². The third-order valence-electron chi connectivity index (χ3n) is 2.32. The van der Waals surface area contributed by atoms with Crippen molar-refractivity contribution in [2.45, 2.75) is 12.8 Å². The summed E-state index contributed by atoms with van der Waals surface area (Å²) in [5.41, 5.74) is 0. The molecule has 1 aromatic heterocycles. The predicted octanol–water partition coefficient (Wildman–Crippen LogP) is 1.84. The van der Waals surface area contributed by atoms with Gasteiger partial charge in [0, 0.05) is 12.7 Å². The van der Waals surface area contributed by atoms with Crippen LogP contribution < -0.4 is 10.1 Å². The van der Waals surface area contributed by atoms with Gasteiger partial charge in [0.15, 0.2) is 11.6 Å². The zero-order valence-corrected chi connectivity index (χ0v) is 10.4. The number of hydrogen-bond donors (Lipinski definition) is 1. The lowest BCUT2D eigenvalue weighted by Crippen LogP contribution is -2.14. The molecule has 0 aliphatic heterocycles. The van der Waals surface area contributed by atoms with E-state index < -0.39 is 0 Å². The fraction of sp³-hybridized carbons (Fsp3) is 0.583. The number of rotatable bonds is 7. The Balaban J connectivity index is 2.26. The number of unbranched alkanes of at least 4 members (excludes halogenated alkanes) is 1. The van der Waals surface area contributed by atoms with E-state index in [2.05, 4.69) is 29.3 Å². The lowest BCUT2D eigenvalue weighted by molar-refractivity contribution is 0.396. The summed E-state index contributed by atoms with van der Waals surface area (Å²) in [6, 6.07) is 3.78. The molecule has 90 valence electrons. The topological polar surface area (TPSA) is 37.4 Å². The molecule has 0 saturated heterocycles. The summed E-state index contributed by atoms with van der Waals surface area (Å²) in [6.45, 7) is 2.06. The maximum absolute atomic E-state index is 5.21. The smallest absolute Gasteiger partial charge is 0.168 e. The predicted molar refractivity (Wildman–Crippen MR) is 67.1 cm³/mol. The van der Waals surface area contributed by atoms with Crippen LogP contribution in [0, 0.1) is 0 Å². The van der Waals surface area contributed by atoms with E-state index >= 15 is 0 Å². The Morgan fingerprint density at radius 3 is 2.88 bits per heavy atom. The van der Waals surface area contributed by atoms with Crippen molar-refractivity contribution in [3.63, 3.8) is 0 Å². The van der Waals surface area contributed by atoms with Crippen molar-refractivity contribution in [1.29, 1.82) is 0 Å². The normalized spacial score (nSPS) is 10.5. The molecule has 1 aromatic rings. The second-order valence-electron chi connectivity index (χ2n) is 3.99. The van der Waals surface area contributed by atoms with Crippen LogP contribution in [-0.2, 0) is 0 Å². The van der Waals surface area contributed by atoms with Crippen LogP contribution in [-0.4, -0.2) is 44.2 Å². The first kappa shape index (κ1) is 12.8. The molecule has 16 heavy (non-hydrogen) atoms. The van der Waals surface area contributed by atoms with Gasteiger partial charge in [-0.2, -0.15) is 0 Å². The van der Waals surface area contributed by atoms with Gasteiger partial charge in [0.1, 0.15) is 0 Å². The van der Waals surface area contributed by atoms with Crippen LogP contribution in [0.1, 0.15) is 12.8 Å². The second kappa shape index (κ2) is 7.06. The van der Waals surface area contributed by atoms with E-state index in [4.69, 9.17) is 4.74 Å². The fourth-order valence-electron chi connectivity index (χ4n) is 1.45. The minimum Gasteiger partial charge on any atom is -0.493 e. The SMILES string of the molecule is COc1cccnc1NCCCCN(C)C. The highest BCUT2D eigenvalue weighted by molar-refractivity contribution is 5.49. The lowest BCUT2D eigenvalue weighted by Gasteiger charge is -2.11. The molecule has 0 amide bonds. The summed E-state index contributed by atoms with van der Waals surface area (Å²) in [5, 5.41) is 3.28. The zero-order valence-electron chi connectivity index (χ0n) is 10.4. The molecule has 1 N–H and O–H groups in total. The molecule has 0 aliphatic rings. The number of ether oxygens (including phenoxy) is 1. The Morgan fingerprint density at radius 2 is 2.19 bits per heavy atom. The minimum absolute atomic E-state index is 0.801. The summed E-state index contributed by atoms with van der Waals surface area (Å²) in [5.74, 6) is 1.63. The standard InChI is InChI=1S/C12H21N3O/c1-15(2)10-5-4-8-13-12-11(16-3)7-6-9-14-12/h6-7,9H,4-5,8,10H2,1-3H3,(H,13,14). The third-order valence-corrected chi connectivity index (χ3v) is 2.32. The number of pyridine rings is 1. The van der Waals surface area contributed by atoms with Gasteiger partial charge in [-0.05, 0) is 45.6 Å². The lowest BCUT2D eigenvalue weighted by atomic mass is 10.3. The van der Waals surface area contributed by atoms with E-state index in [-0.39, 0.29) is 0 Å². The van der Waals surface area contributed by atoms with E-state index in [9.17, 15) is 0 Å². The first-order chi connectivity index (χ1) is 7.74. The van der Waals surface area contributed by atoms with Gasteiger partial charge in [-0.1, -0.05) is 0 Å². The third kappa shape index (κ3) is 4.49. The van der Waals surface area contributed by atoms with Gasteiger partial charge in [-0.25, -0.2) is 4.98 Å². The monoisotopic (exact) mass is 223 g/mol. The van der Waals surface area contributed by atoms with Gasteiger partial charge in [0.2, 0.25) is 0 Å². The van der Waals surface area contributed by atoms with E-state index in [1.54, 1.807) is 13.3 Å². The van der Waals surface area contributed by atoms with Gasteiger partial charge in [0.05, 0.1) is 7.11 Å². The Kier molecular flexibility index (Phi) is 5.64. The average Bonchev–Trinajstić information content (AvgIpc) is 2.29. The van der Waals surface area contributed by atoms with Crippen molar-refractivity contribution in [2.75, 3.05) is 39.6 Å². The van der Waals surface area contributed by atoms with Crippen molar-refractivity contribution in [2.24, 2.45) is 0 Å². The first-order valence-corrected chi connectivity index (χ1v) is 5.61. The molecule has 0 aliphatic carbocycles. The first-order valence-electron chi connectivity index (χ1n) is 5.61. The summed E-state index contributed by atoms with van der Waals surface area (Å²) in [4.78, 5) is 6.43. The van der Waals surface area contributed by atoms with Crippen LogP contribution in [0.15, 0.2) is 18.3 Å². The molecule has 1 heterocycles. The summed E-state index contributed by atoms with van der Waals surface area (Å²) >= 11 is 0. The quantitative estimate of drug-likeness (QED) is 0.716. The molecular weight excluding hydrogens is 202 g/mol. The number of anilines is 1. The Morgan fingerprint density at radius 1 is 1.38 bits per heavy atom. The number of hydrogen-bond acceptors (Lipinski definition) is 4. The summed E-state index contributed by atoms with van der Waals surface area (Å²) < 4.78 is 5.21. The van der Waals surface area contributed by atoms with Crippen LogP contribution in [0.25, 0.3) is 0 Å². The Labute approximate surface area is 97.6 Å². The molecule has 0 spiro atoms. The maximum Gasteiger partial charge on any atom is 0.168 e. The molecule has 0 unspecified atom stereocenters. The van der Waals surface area contributed by atoms with Crippen molar-refractivity contribution in [3.8, 4) is 5.75 Å². The van der Waals surface area contributed by atoms with Crippen molar-refractivity contribution in [1.82, 2.24) is 9.88 Å². The van der Waals surface area contributed by atoms with Crippen molar-refractivity contribution >= 4 is 5.82 Å². The zero-order chi connectivity index (χ0) is 11.8. The van der Waals surface area contributed by atoms with Crippen LogP contribution in [0.3, 0.4) is 0 Å². The Bertz CT molecular complexity index is 302. The van der Waals surface area contributed by atoms with Crippen molar-refractivity contribution < 1.29 is 4.74 Å². The molecular formula is C12H21N3O. The van der Waals surface area contributed by atoms with Gasteiger partial charge in [-0.15, -0.1) is 0 Å². The number of nitrogens with one attached hydrogen (secondary N) is 1. The van der Waals surface area contributed by atoms with Crippen LogP contribution in [0.5, 0.6) is 5.75 Å². The molecule has 4 heteroatoms. The largest absolute Gasteiger partial charge is 0.493 e. The molecule has 0 atom stereocenters. The van der Waals surface area contributed by atoms with E-state index in [1.807, 2.05) is 12.1 Å². The molecule has 0 radical (unpaired) electrons. The maximum atomic E-state index is 5.21. The summed E-state index contributed by atoms with van der Waals surface area (Å²) in [7, 11) is 5.85. The summed E-state index contributed by atoms with van der Waals surface area (Å²) in [6.07, 6.45) is 4.09. The molecule has 0 aromatic carbocycles. The highest BCUT2D eigenvalue weighted by Gasteiger charge is 2.01. The second-order valence-corrected chi connectivity index (χ2v) is 3.99. The van der Waals surface area contributed by atoms with Crippen LogP contribution >= 0.6 is 0 Å². The van der Waals surface area contributed by atoms with Gasteiger partial charge < -0.3 is 15.0 Å². The molecule has 0 bridgehead atoms.